The van der Waals surface area contributed by atoms with Gasteiger partial charge in [-0.3, -0.25) is 9.69 Å². The van der Waals surface area contributed by atoms with Crippen molar-refractivity contribution in [3.8, 4) is 11.5 Å². The molecule has 0 spiro atoms. The molecule has 0 radical (unpaired) electrons. The minimum Gasteiger partial charge on any atom is -0.494 e. The lowest BCUT2D eigenvalue weighted by molar-refractivity contribution is 0.233. The molecule has 1 aromatic heterocycles. The van der Waals surface area contributed by atoms with Gasteiger partial charge < -0.3 is 14.5 Å². The maximum atomic E-state index is 12.1. The van der Waals surface area contributed by atoms with E-state index < -0.39 is 0 Å². The first-order chi connectivity index (χ1) is 12.1. The molecule has 6 nitrogen and oxygen atoms in total. The van der Waals surface area contributed by atoms with Crippen LogP contribution in [0.2, 0.25) is 0 Å². The number of hydrogen-bond donors (Lipinski definition) is 1. The number of aromatic amines is 1. The van der Waals surface area contributed by atoms with Crippen LogP contribution in [-0.2, 0) is 19.5 Å². The van der Waals surface area contributed by atoms with Gasteiger partial charge in [-0.1, -0.05) is 0 Å². The molecule has 0 unspecified atom stereocenters. The van der Waals surface area contributed by atoms with Crippen LogP contribution in [0.25, 0.3) is 0 Å². The largest absolute Gasteiger partial charge is 0.494 e. The summed E-state index contributed by atoms with van der Waals surface area (Å²) in [7, 11) is 0. The van der Waals surface area contributed by atoms with E-state index in [4.69, 9.17) is 9.47 Å². The third kappa shape index (κ3) is 4.02. The van der Waals surface area contributed by atoms with Crippen LogP contribution in [0.3, 0.4) is 0 Å². The molecule has 1 aliphatic rings. The first-order valence-electron chi connectivity index (χ1n) is 8.80. The predicted molar refractivity (Wildman–Crippen MR) is 96.2 cm³/mol. The first-order valence-corrected chi connectivity index (χ1v) is 8.80. The molecule has 0 saturated carbocycles. The van der Waals surface area contributed by atoms with Gasteiger partial charge in [-0.2, -0.15) is 0 Å². The molecule has 1 aliphatic heterocycles. The van der Waals surface area contributed by atoms with Gasteiger partial charge in [0, 0.05) is 30.8 Å². The first kappa shape index (κ1) is 17.5. The van der Waals surface area contributed by atoms with Crippen LogP contribution in [0.15, 0.2) is 23.0 Å². The number of ether oxygens (including phenoxy) is 2. The third-order valence-corrected chi connectivity index (χ3v) is 4.31. The number of rotatable bonds is 6. The molecule has 2 heterocycles. The Hall–Kier alpha value is -2.34. The summed E-state index contributed by atoms with van der Waals surface area (Å²) >= 11 is 0. The Kier molecular flexibility index (Phi) is 5.38. The summed E-state index contributed by atoms with van der Waals surface area (Å²) in [6.07, 6.45) is 0.715. The molecule has 134 valence electrons. The van der Waals surface area contributed by atoms with Crippen molar-refractivity contribution in [1.82, 2.24) is 14.9 Å². The van der Waals surface area contributed by atoms with Gasteiger partial charge in [-0.15, -0.1) is 0 Å². The van der Waals surface area contributed by atoms with Gasteiger partial charge in [0.25, 0.3) is 5.56 Å². The quantitative estimate of drug-likeness (QED) is 0.872. The van der Waals surface area contributed by atoms with E-state index in [0.29, 0.717) is 32.0 Å². The second-order valence-electron chi connectivity index (χ2n) is 6.17. The highest BCUT2D eigenvalue weighted by Gasteiger charge is 2.21. The van der Waals surface area contributed by atoms with Crippen LogP contribution in [0.5, 0.6) is 11.5 Å². The van der Waals surface area contributed by atoms with Gasteiger partial charge in [-0.25, -0.2) is 4.98 Å². The van der Waals surface area contributed by atoms with Crippen molar-refractivity contribution in [3.05, 3.63) is 51.2 Å². The zero-order valence-corrected chi connectivity index (χ0v) is 15.1. The fourth-order valence-electron chi connectivity index (χ4n) is 3.23. The molecular formula is C19H25N3O3. The van der Waals surface area contributed by atoms with Gasteiger partial charge in [0.1, 0.15) is 17.3 Å². The van der Waals surface area contributed by atoms with E-state index in [-0.39, 0.29) is 5.56 Å². The van der Waals surface area contributed by atoms with Crippen LogP contribution in [-0.4, -0.2) is 34.6 Å². The third-order valence-electron chi connectivity index (χ3n) is 4.31. The Morgan fingerprint density at radius 2 is 2.04 bits per heavy atom. The van der Waals surface area contributed by atoms with E-state index in [1.54, 1.807) is 0 Å². The van der Waals surface area contributed by atoms with Crippen LogP contribution >= 0.6 is 0 Å². The summed E-state index contributed by atoms with van der Waals surface area (Å²) in [5.41, 5.74) is 2.79. The lowest BCUT2D eigenvalue weighted by Gasteiger charge is -2.28. The molecule has 0 aliphatic carbocycles. The Labute approximate surface area is 147 Å². The van der Waals surface area contributed by atoms with Gasteiger partial charge in [0.05, 0.1) is 18.9 Å². The highest BCUT2D eigenvalue weighted by molar-refractivity contribution is 5.40. The van der Waals surface area contributed by atoms with Gasteiger partial charge >= 0.3 is 0 Å². The van der Waals surface area contributed by atoms with Crippen molar-refractivity contribution in [2.45, 2.75) is 40.3 Å². The van der Waals surface area contributed by atoms with Gasteiger partial charge in [-0.05, 0) is 45.4 Å². The summed E-state index contributed by atoms with van der Waals surface area (Å²) in [6.45, 7) is 9.27. The fourth-order valence-corrected chi connectivity index (χ4v) is 3.23. The summed E-state index contributed by atoms with van der Waals surface area (Å²) in [6, 6.07) is 5.95. The zero-order valence-electron chi connectivity index (χ0n) is 15.1. The summed E-state index contributed by atoms with van der Waals surface area (Å²) in [5.74, 6) is 2.40. The highest BCUT2D eigenvalue weighted by atomic mass is 16.5. The van der Waals surface area contributed by atoms with E-state index in [2.05, 4.69) is 14.9 Å². The summed E-state index contributed by atoms with van der Waals surface area (Å²) in [5, 5.41) is 0. The van der Waals surface area contributed by atoms with Crippen molar-refractivity contribution in [2.75, 3.05) is 19.8 Å². The van der Waals surface area contributed by atoms with Gasteiger partial charge in [0.2, 0.25) is 0 Å². The summed E-state index contributed by atoms with van der Waals surface area (Å²) in [4.78, 5) is 21.7. The second kappa shape index (κ2) is 7.70. The number of fused-ring (bicyclic) bond motifs is 1. The molecule has 1 N–H and O–H groups in total. The molecule has 2 aromatic rings. The Balaban J connectivity index is 1.82. The number of H-pyrrole nitrogens is 1. The van der Waals surface area contributed by atoms with Crippen LogP contribution in [0, 0.1) is 6.92 Å². The van der Waals surface area contributed by atoms with E-state index in [1.807, 2.05) is 39.0 Å². The van der Waals surface area contributed by atoms with E-state index in [1.165, 1.54) is 0 Å². The van der Waals surface area contributed by atoms with Crippen molar-refractivity contribution in [3.63, 3.8) is 0 Å². The monoisotopic (exact) mass is 343 g/mol. The number of nitrogens with zero attached hydrogens (tertiary/aromatic N) is 2. The molecule has 0 bridgehead atoms. The van der Waals surface area contributed by atoms with Crippen LogP contribution < -0.4 is 15.0 Å². The highest BCUT2D eigenvalue weighted by Crippen LogP contribution is 2.27. The number of aryl methyl sites for hydroxylation is 1. The number of hydrogen-bond acceptors (Lipinski definition) is 5. The number of benzene rings is 1. The Bertz CT molecular complexity index is 801. The number of nitrogens with one attached hydrogen (secondary N) is 1. The lowest BCUT2D eigenvalue weighted by atomic mass is 10.1. The van der Waals surface area contributed by atoms with E-state index in [9.17, 15) is 4.79 Å². The van der Waals surface area contributed by atoms with Crippen molar-refractivity contribution >= 4 is 0 Å². The average Bonchev–Trinajstić information content (AvgIpc) is 2.57. The van der Waals surface area contributed by atoms with Crippen molar-refractivity contribution in [2.24, 2.45) is 0 Å². The molecular weight excluding hydrogens is 318 g/mol. The van der Waals surface area contributed by atoms with Crippen molar-refractivity contribution < 1.29 is 9.47 Å². The van der Waals surface area contributed by atoms with Crippen molar-refractivity contribution in [1.29, 1.82) is 0 Å². The molecule has 1 aromatic carbocycles. The SMILES string of the molecule is CCOc1ccc(OCC)c(CN2CCc3c(nc(C)[nH]c3=O)C2)c1. The van der Waals surface area contributed by atoms with Gasteiger partial charge in [0.15, 0.2) is 0 Å². The standard InChI is InChI=1S/C19H25N3O3/c1-4-24-15-6-7-18(25-5-2)14(10-15)11-22-9-8-16-17(12-22)20-13(3)21-19(16)23/h6-7,10H,4-5,8-9,11-12H2,1-3H3,(H,20,21,23). The van der Waals surface area contributed by atoms with Crippen LogP contribution in [0.1, 0.15) is 36.5 Å². The molecule has 0 fully saturated rings. The number of aromatic nitrogens is 2. The molecule has 6 heteroatoms. The second-order valence-corrected chi connectivity index (χ2v) is 6.17. The Morgan fingerprint density at radius 1 is 1.24 bits per heavy atom. The molecule has 0 atom stereocenters. The molecule has 0 amide bonds. The maximum absolute atomic E-state index is 12.1. The topological polar surface area (TPSA) is 67.5 Å². The smallest absolute Gasteiger partial charge is 0.254 e. The van der Waals surface area contributed by atoms with Crippen LogP contribution in [0.4, 0.5) is 0 Å². The fraction of sp³-hybridized carbons (Fsp3) is 0.474. The minimum atomic E-state index is -0.00417. The molecule has 25 heavy (non-hydrogen) atoms. The lowest BCUT2D eigenvalue weighted by Crippen LogP contribution is -2.35. The zero-order chi connectivity index (χ0) is 17.8. The minimum absolute atomic E-state index is 0.00417. The van der Waals surface area contributed by atoms with E-state index in [0.717, 1.165) is 41.4 Å². The molecule has 0 saturated heterocycles. The maximum Gasteiger partial charge on any atom is 0.254 e. The normalized spacial score (nSPS) is 14.2. The predicted octanol–water partition coefficient (Wildman–Crippen LogP) is 2.43. The summed E-state index contributed by atoms with van der Waals surface area (Å²) < 4.78 is 11.4. The van der Waals surface area contributed by atoms with E-state index >= 15 is 0 Å². The molecule has 3 rings (SSSR count). The Morgan fingerprint density at radius 3 is 2.80 bits per heavy atom. The average molecular weight is 343 g/mol.